The highest BCUT2D eigenvalue weighted by atomic mass is 16.6. The Kier molecular flexibility index (Phi) is 6.61. The number of hydrogen-bond donors (Lipinski definition) is 1. The maximum Gasteiger partial charge on any atom is 0.159 e. The molecule has 0 saturated carbocycles. The van der Waals surface area contributed by atoms with Crippen molar-refractivity contribution in [2.24, 2.45) is 0 Å². The van der Waals surface area contributed by atoms with Crippen molar-refractivity contribution in [2.75, 3.05) is 13.2 Å². The smallest absolute Gasteiger partial charge is 0.159 e. The first-order valence-corrected chi connectivity index (χ1v) is 9.26. The van der Waals surface area contributed by atoms with Crippen molar-refractivity contribution in [1.82, 2.24) is 9.97 Å². The van der Waals surface area contributed by atoms with Crippen LogP contribution in [0.2, 0.25) is 0 Å². The molecule has 1 N–H and O–H groups in total. The summed E-state index contributed by atoms with van der Waals surface area (Å²) in [6, 6.07) is 5.44. The fraction of sp³-hybridized carbons (Fsp3) is 0.429. The van der Waals surface area contributed by atoms with E-state index in [9.17, 15) is 5.11 Å². The molecule has 5 heteroatoms. The third-order valence-corrected chi connectivity index (χ3v) is 4.39. The fourth-order valence-electron chi connectivity index (χ4n) is 2.79. The molecule has 3 rings (SSSR count). The molecule has 1 aromatic heterocycles. The molecule has 0 unspecified atom stereocenters. The van der Waals surface area contributed by atoms with Crippen molar-refractivity contribution in [3.05, 3.63) is 48.8 Å². The zero-order chi connectivity index (χ0) is 18.2. The first kappa shape index (κ1) is 18.4. The maximum absolute atomic E-state index is 9.97. The van der Waals surface area contributed by atoms with Crippen LogP contribution in [0.15, 0.2) is 43.2 Å². The van der Waals surface area contributed by atoms with Gasteiger partial charge in [-0.1, -0.05) is 18.9 Å². The third-order valence-electron chi connectivity index (χ3n) is 4.39. The summed E-state index contributed by atoms with van der Waals surface area (Å²) in [7, 11) is 0. The van der Waals surface area contributed by atoms with Crippen LogP contribution in [0.4, 0.5) is 0 Å². The Morgan fingerprint density at radius 1 is 1.19 bits per heavy atom. The van der Waals surface area contributed by atoms with E-state index in [0.29, 0.717) is 24.6 Å². The average Bonchev–Trinajstić information content (AvgIpc) is 3.47. The molecule has 1 atom stereocenters. The Bertz CT molecular complexity index is 712. The molecular formula is C21H26N2O3. The number of hydrogen-bond acceptors (Lipinski definition) is 5. The predicted octanol–water partition coefficient (Wildman–Crippen LogP) is 4.31. The average molecular weight is 354 g/mol. The van der Waals surface area contributed by atoms with E-state index in [-0.39, 0.29) is 11.9 Å². The van der Waals surface area contributed by atoms with Crippen LogP contribution < -0.4 is 4.74 Å². The van der Waals surface area contributed by atoms with Crippen molar-refractivity contribution >= 4 is 0 Å². The standard InChI is InChI=1S/C21H26N2O3/c1-2-3-4-5-6-7-10-25-19-13-22-21(23-14-19)16-8-9-20(24)17(11-16)12-18-15-26-18/h2,8-9,11,13-14,18,24H,1,3-7,10,12,15H2/t18-/m0/s1. The maximum atomic E-state index is 9.97. The van der Waals surface area contributed by atoms with Gasteiger partial charge in [0.2, 0.25) is 0 Å². The van der Waals surface area contributed by atoms with E-state index in [2.05, 4.69) is 16.5 Å². The summed E-state index contributed by atoms with van der Waals surface area (Å²) in [6.07, 6.45) is 12.0. The van der Waals surface area contributed by atoms with Crippen LogP contribution in [-0.4, -0.2) is 34.4 Å². The molecule has 0 aliphatic carbocycles. The molecule has 1 aromatic carbocycles. The van der Waals surface area contributed by atoms with E-state index < -0.39 is 0 Å². The quantitative estimate of drug-likeness (QED) is 0.370. The van der Waals surface area contributed by atoms with E-state index in [1.165, 1.54) is 12.8 Å². The van der Waals surface area contributed by atoms with Gasteiger partial charge >= 0.3 is 0 Å². The first-order valence-electron chi connectivity index (χ1n) is 9.26. The van der Waals surface area contributed by atoms with Gasteiger partial charge in [0.25, 0.3) is 0 Å². The fourth-order valence-corrected chi connectivity index (χ4v) is 2.79. The van der Waals surface area contributed by atoms with E-state index in [1.54, 1.807) is 18.5 Å². The lowest BCUT2D eigenvalue weighted by Crippen LogP contribution is -1.99. The number of phenols is 1. The summed E-state index contributed by atoms with van der Waals surface area (Å²) in [5, 5.41) is 9.97. The Morgan fingerprint density at radius 3 is 2.69 bits per heavy atom. The summed E-state index contributed by atoms with van der Waals surface area (Å²) in [4.78, 5) is 8.79. The van der Waals surface area contributed by atoms with E-state index in [1.807, 2.05) is 18.2 Å². The van der Waals surface area contributed by atoms with Gasteiger partial charge in [-0.25, -0.2) is 9.97 Å². The minimum absolute atomic E-state index is 0.226. The van der Waals surface area contributed by atoms with E-state index >= 15 is 0 Å². The van der Waals surface area contributed by atoms with Gasteiger partial charge < -0.3 is 14.6 Å². The zero-order valence-electron chi connectivity index (χ0n) is 15.1. The lowest BCUT2D eigenvalue weighted by molar-refractivity contribution is 0.302. The van der Waals surface area contributed by atoms with Crippen LogP contribution in [0.1, 0.15) is 37.7 Å². The van der Waals surface area contributed by atoms with Gasteiger partial charge in [-0.2, -0.15) is 0 Å². The largest absolute Gasteiger partial charge is 0.508 e. The molecule has 0 radical (unpaired) electrons. The molecule has 2 aromatic rings. The highest BCUT2D eigenvalue weighted by molar-refractivity contribution is 5.58. The second-order valence-corrected chi connectivity index (χ2v) is 6.59. The minimum Gasteiger partial charge on any atom is -0.508 e. The number of ether oxygens (including phenoxy) is 2. The molecule has 1 aliphatic heterocycles. The van der Waals surface area contributed by atoms with Crippen LogP contribution in [0, 0.1) is 0 Å². The molecule has 0 bridgehead atoms. The number of allylic oxidation sites excluding steroid dienone is 1. The Hall–Kier alpha value is -2.40. The van der Waals surface area contributed by atoms with Crippen LogP contribution in [-0.2, 0) is 11.2 Å². The Balaban J connectivity index is 1.50. The summed E-state index contributed by atoms with van der Waals surface area (Å²) < 4.78 is 10.9. The minimum atomic E-state index is 0.226. The monoisotopic (exact) mass is 354 g/mol. The van der Waals surface area contributed by atoms with Gasteiger partial charge in [0, 0.05) is 12.0 Å². The van der Waals surface area contributed by atoms with Gasteiger partial charge in [0.05, 0.1) is 31.7 Å². The lowest BCUT2D eigenvalue weighted by atomic mass is 10.0. The Morgan fingerprint density at radius 2 is 1.96 bits per heavy atom. The number of aromatic nitrogens is 2. The molecule has 1 fully saturated rings. The van der Waals surface area contributed by atoms with Crippen molar-refractivity contribution in [1.29, 1.82) is 0 Å². The highest BCUT2D eigenvalue weighted by Gasteiger charge is 2.24. The van der Waals surface area contributed by atoms with E-state index in [0.717, 1.165) is 37.0 Å². The number of nitrogens with zero attached hydrogens (tertiary/aromatic N) is 2. The van der Waals surface area contributed by atoms with Crippen molar-refractivity contribution in [3.63, 3.8) is 0 Å². The molecule has 26 heavy (non-hydrogen) atoms. The van der Waals surface area contributed by atoms with Crippen molar-refractivity contribution in [3.8, 4) is 22.9 Å². The first-order chi connectivity index (χ1) is 12.8. The lowest BCUT2D eigenvalue weighted by Gasteiger charge is -2.08. The SMILES string of the molecule is C=CCCCCCCOc1cnc(-c2ccc(O)c(C[C@H]3CO3)c2)nc1. The molecule has 2 heterocycles. The van der Waals surface area contributed by atoms with Gasteiger partial charge in [-0.15, -0.1) is 6.58 Å². The van der Waals surface area contributed by atoms with Gasteiger partial charge in [0.1, 0.15) is 5.75 Å². The highest BCUT2D eigenvalue weighted by Crippen LogP contribution is 2.28. The molecule has 0 amide bonds. The van der Waals surface area contributed by atoms with Gasteiger partial charge in [0.15, 0.2) is 11.6 Å². The topological polar surface area (TPSA) is 67.8 Å². The Labute approximate surface area is 154 Å². The second-order valence-electron chi connectivity index (χ2n) is 6.59. The normalized spacial score (nSPS) is 15.6. The van der Waals surface area contributed by atoms with E-state index in [4.69, 9.17) is 9.47 Å². The number of rotatable bonds is 11. The van der Waals surface area contributed by atoms with Crippen LogP contribution in [0.3, 0.4) is 0 Å². The molecule has 1 saturated heterocycles. The molecular weight excluding hydrogens is 328 g/mol. The number of benzene rings is 1. The van der Waals surface area contributed by atoms with Gasteiger partial charge in [-0.05, 0) is 43.0 Å². The zero-order valence-corrected chi connectivity index (χ0v) is 15.1. The summed E-state index contributed by atoms with van der Waals surface area (Å²) in [5.74, 6) is 1.60. The van der Waals surface area contributed by atoms with Crippen LogP contribution in [0.5, 0.6) is 11.5 Å². The van der Waals surface area contributed by atoms with Crippen LogP contribution in [0.25, 0.3) is 11.4 Å². The summed E-state index contributed by atoms with van der Waals surface area (Å²) >= 11 is 0. The molecule has 5 nitrogen and oxygen atoms in total. The summed E-state index contributed by atoms with van der Waals surface area (Å²) in [5.41, 5.74) is 1.75. The molecule has 0 spiro atoms. The third kappa shape index (κ3) is 5.56. The van der Waals surface area contributed by atoms with Crippen LogP contribution >= 0.6 is 0 Å². The summed E-state index contributed by atoms with van der Waals surface area (Å²) in [6.45, 7) is 5.18. The number of unbranched alkanes of at least 4 members (excludes halogenated alkanes) is 4. The second kappa shape index (κ2) is 9.34. The molecule has 1 aliphatic rings. The number of epoxide rings is 1. The van der Waals surface area contributed by atoms with Crippen molar-refractivity contribution < 1.29 is 14.6 Å². The van der Waals surface area contributed by atoms with Gasteiger partial charge in [-0.3, -0.25) is 0 Å². The predicted molar refractivity (Wildman–Crippen MR) is 101 cm³/mol. The number of aromatic hydroxyl groups is 1. The van der Waals surface area contributed by atoms with Crippen molar-refractivity contribution in [2.45, 2.75) is 44.6 Å². The number of phenolic OH excluding ortho intramolecular Hbond substituents is 1. The molecule has 138 valence electrons.